The molecule has 1 saturated heterocycles. The third-order valence-corrected chi connectivity index (χ3v) is 7.98. The van der Waals surface area contributed by atoms with Crippen LogP contribution < -0.4 is 0 Å². The van der Waals surface area contributed by atoms with Gasteiger partial charge in [-0.1, -0.05) is 43.3 Å². The molecule has 0 bridgehead atoms. The van der Waals surface area contributed by atoms with E-state index in [1.807, 2.05) is 18.2 Å². The van der Waals surface area contributed by atoms with E-state index in [9.17, 15) is 18.7 Å². The zero-order valence-corrected chi connectivity index (χ0v) is 22.0. The van der Waals surface area contributed by atoms with Crippen molar-refractivity contribution in [3.05, 3.63) is 105 Å². The molecule has 198 valence electrons. The Labute approximate surface area is 223 Å². The summed E-state index contributed by atoms with van der Waals surface area (Å²) >= 11 is 0. The average Bonchev–Trinajstić information content (AvgIpc) is 3.09. The van der Waals surface area contributed by atoms with Crippen LogP contribution in [-0.2, 0) is 19.3 Å². The van der Waals surface area contributed by atoms with Gasteiger partial charge in [0, 0.05) is 19.6 Å². The topological polar surface area (TPSA) is 40.5 Å². The maximum absolute atomic E-state index is 14.1. The van der Waals surface area contributed by atoms with Gasteiger partial charge in [0.1, 0.15) is 5.82 Å². The molecular weight excluding hydrogens is 480 g/mol. The van der Waals surface area contributed by atoms with Gasteiger partial charge in [0.2, 0.25) is 0 Å². The summed E-state index contributed by atoms with van der Waals surface area (Å²) in [4.78, 5) is 14.0. The molecule has 5 heteroatoms. The van der Waals surface area contributed by atoms with Crippen molar-refractivity contribution in [1.82, 2.24) is 4.90 Å². The largest absolute Gasteiger partial charge is 0.478 e. The summed E-state index contributed by atoms with van der Waals surface area (Å²) in [6, 6.07) is 19.3. The van der Waals surface area contributed by atoms with E-state index in [4.69, 9.17) is 0 Å². The summed E-state index contributed by atoms with van der Waals surface area (Å²) in [6.45, 7) is 4.70. The Bertz CT molecular complexity index is 1340. The number of hydrogen-bond donors (Lipinski definition) is 1. The highest BCUT2D eigenvalue weighted by Gasteiger charge is 2.26. The highest BCUT2D eigenvalue weighted by molar-refractivity contribution is 6.01. The number of nitrogens with zero attached hydrogens (tertiary/aromatic N) is 1. The first kappa shape index (κ1) is 26.3. The minimum atomic E-state index is -0.918. The van der Waals surface area contributed by atoms with Crippen molar-refractivity contribution in [3.8, 4) is 0 Å². The molecular formula is C33H35F2NO2. The van der Waals surface area contributed by atoms with Crippen LogP contribution in [0.25, 0.3) is 11.1 Å². The molecule has 1 heterocycles. The second-order valence-electron chi connectivity index (χ2n) is 10.6. The number of carboxylic acid groups (broad SMARTS) is 1. The standard InChI is InChI=1S/C33H35F2NO2/c1-2-24-19-28(35)12-14-29(24)31-6-3-5-26-18-27(33(37)38)11-13-30(26)32(31)25-9-7-22(8-10-25)17-23-20-36(21-23)16-4-15-34/h7-14,18-19,23H,2-6,15-17,20-21H2,1H3,(H,37,38). The number of hydrogen-bond acceptors (Lipinski definition) is 2. The summed E-state index contributed by atoms with van der Waals surface area (Å²) in [6.07, 6.45) is 4.89. The number of rotatable bonds is 9. The van der Waals surface area contributed by atoms with Crippen molar-refractivity contribution in [3.63, 3.8) is 0 Å². The predicted octanol–water partition coefficient (Wildman–Crippen LogP) is 7.22. The maximum Gasteiger partial charge on any atom is 0.335 e. The predicted molar refractivity (Wildman–Crippen MR) is 149 cm³/mol. The number of carbonyl (C=O) groups is 1. The fourth-order valence-corrected chi connectivity index (χ4v) is 6.08. The van der Waals surface area contributed by atoms with E-state index in [0.717, 1.165) is 85.1 Å². The van der Waals surface area contributed by atoms with Crippen LogP contribution in [-0.4, -0.2) is 42.3 Å². The van der Waals surface area contributed by atoms with Gasteiger partial charge in [-0.25, -0.2) is 9.18 Å². The van der Waals surface area contributed by atoms with Crippen LogP contribution in [0.15, 0.2) is 60.7 Å². The van der Waals surface area contributed by atoms with Crippen LogP contribution in [0.3, 0.4) is 0 Å². The Kier molecular flexibility index (Phi) is 8.04. The number of alkyl halides is 1. The average molecular weight is 516 g/mol. The lowest BCUT2D eigenvalue weighted by atomic mass is 9.84. The van der Waals surface area contributed by atoms with Gasteiger partial charge < -0.3 is 10.0 Å². The zero-order valence-electron chi connectivity index (χ0n) is 22.0. The molecule has 5 rings (SSSR count). The number of likely N-dealkylation sites (tertiary alicyclic amines) is 1. The second kappa shape index (κ2) is 11.6. The van der Waals surface area contributed by atoms with E-state index in [0.29, 0.717) is 17.9 Å². The number of benzene rings is 3. The van der Waals surface area contributed by atoms with E-state index in [1.54, 1.807) is 12.1 Å². The Hall–Kier alpha value is -3.31. The van der Waals surface area contributed by atoms with Gasteiger partial charge in [-0.15, -0.1) is 0 Å². The van der Waals surface area contributed by atoms with Gasteiger partial charge in [-0.05, 0) is 113 Å². The minimum absolute atomic E-state index is 0.225. The summed E-state index contributed by atoms with van der Waals surface area (Å²) in [5.41, 5.74) is 9.16. The molecule has 3 nitrogen and oxygen atoms in total. The lowest BCUT2D eigenvalue weighted by molar-refractivity contribution is 0.0696. The van der Waals surface area contributed by atoms with Crippen molar-refractivity contribution in [1.29, 1.82) is 0 Å². The van der Waals surface area contributed by atoms with E-state index in [1.165, 1.54) is 17.2 Å². The first-order valence-electron chi connectivity index (χ1n) is 13.7. The molecule has 0 radical (unpaired) electrons. The SMILES string of the molecule is CCc1cc(F)ccc1C1=C(c2ccc(CC3CN(CCCF)C3)cc2)c2ccc(C(=O)O)cc2CCC1. The molecule has 0 saturated carbocycles. The molecule has 3 aromatic carbocycles. The highest BCUT2D eigenvalue weighted by atomic mass is 19.1. The molecule has 0 spiro atoms. The van der Waals surface area contributed by atoms with Gasteiger partial charge in [-0.2, -0.15) is 0 Å². The third kappa shape index (κ3) is 5.58. The Balaban J connectivity index is 1.53. The molecule has 3 aromatic rings. The van der Waals surface area contributed by atoms with Crippen LogP contribution in [0.5, 0.6) is 0 Å². The molecule has 1 aliphatic carbocycles. The van der Waals surface area contributed by atoms with Crippen LogP contribution in [0.4, 0.5) is 8.78 Å². The van der Waals surface area contributed by atoms with E-state index >= 15 is 0 Å². The number of fused-ring (bicyclic) bond motifs is 1. The molecule has 2 aliphatic rings. The smallest absolute Gasteiger partial charge is 0.335 e. The van der Waals surface area contributed by atoms with Gasteiger partial charge >= 0.3 is 5.97 Å². The first-order chi connectivity index (χ1) is 18.5. The van der Waals surface area contributed by atoms with E-state index in [-0.39, 0.29) is 12.5 Å². The fourth-order valence-electron chi connectivity index (χ4n) is 6.08. The lowest BCUT2D eigenvalue weighted by Gasteiger charge is -2.39. The number of aromatic carboxylic acids is 1. The Morgan fingerprint density at radius 3 is 2.47 bits per heavy atom. The van der Waals surface area contributed by atoms with Crippen molar-refractivity contribution < 1.29 is 18.7 Å². The Morgan fingerprint density at radius 2 is 1.76 bits per heavy atom. The molecule has 1 N–H and O–H groups in total. The molecule has 1 fully saturated rings. The van der Waals surface area contributed by atoms with Crippen molar-refractivity contribution in [2.24, 2.45) is 5.92 Å². The number of carboxylic acids is 1. The summed E-state index contributed by atoms with van der Waals surface area (Å²) in [7, 11) is 0. The minimum Gasteiger partial charge on any atom is -0.478 e. The molecule has 0 unspecified atom stereocenters. The van der Waals surface area contributed by atoms with Crippen molar-refractivity contribution >= 4 is 17.1 Å². The van der Waals surface area contributed by atoms with Gasteiger partial charge in [0.25, 0.3) is 0 Å². The van der Waals surface area contributed by atoms with Crippen LogP contribution >= 0.6 is 0 Å². The Morgan fingerprint density at radius 1 is 1.00 bits per heavy atom. The first-order valence-corrected chi connectivity index (χ1v) is 13.7. The fraction of sp³-hybridized carbons (Fsp3) is 0.364. The summed E-state index contributed by atoms with van der Waals surface area (Å²) < 4.78 is 26.6. The zero-order chi connectivity index (χ0) is 26.6. The number of halogens is 2. The van der Waals surface area contributed by atoms with Gasteiger partial charge in [0.15, 0.2) is 0 Å². The molecule has 1 aliphatic heterocycles. The molecule has 38 heavy (non-hydrogen) atoms. The highest BCUT2D eigenvalue weighted by Crippen LogP contribution is 2.41. The molecule has 0 atom stereocenters. The van der Waals surface area contributed by atoms with E-state index in [2.05, 4.69) is 36.1 Å². The van der Waals surface area contributed by atoms with Crippen LogP contribution in [0.2, 0.25) is 0 Å². The normalized spacial score (nSPS) is 16.2. The van der Waals surface area contributed by atoms with Crippen molar-refractivity contribution in [2.45, 2.75) is 45.4 Å². The number of allylic oxidation sites excluding steroid dienone is 1. The third-order valence-electron chi connectivity index (χ3n) is 7.98. The maximum atomic E-state index is 14.1. The second-order valence-corrected chi connectivity index (χ2v) is 10.6. The van der Waals surface area contributed by atoms with Gasteiger partial charge in [0.05, 0.1) is 12.2 Å². The summed E-state index contributed by atoms with van der Waals surface area (Å²) in [5, 5.41) is 9.58. The monoisotopic (exact) mass is 515 g/mol. The van der Waals surface area contributed by atoms with E-state index < -0.39 is 5.97 Å². The van der Waals surface area contributed by atoms with Crippen LogP contribution in [0.1, 0.15) is 69.9 Å². The van der Waals surface area contributed by atoms with Crippen LogP contribution in [0, 0.1) is 11.7 Å². The lowest BCUT2D eigenvalue weighted by Crippen LogP contribution is -2.47. The quantitative estimate of drug-likeness (QED) is 0.327. The number of aryl methyl sites for hydroxylation is 2. The summed E-state index contributed by atoms with van der Waals surface area (Å²) in [5.74, 6) is -0.538. The van der Waals surface area contributed by atoms with Gasteiger partial charge in [-0.3, -0.25) is 4.39 Å². The van der Waals surface area contributed by atoms with Crippen molar-refractivity contribution in [2.75, 3.05) is 26.3 Å². The molecule has 0 amide bonds. The molecule has 0 aromatic heterocycles.